The van der Waals surface area contributed by atoms with Crippen LogP contribution in [0.4, 0.5) is 17.3 Å². The third-order valence-electron chi connectivity index (χ3n) is 4.55. The Morgan fingerprint density at radius 2 is 1.71 bits per heavy atom. The summed E-state index contributed by atoms with van der Waals surface area (Å²) in [6.45, 7) is 0. The topological polar surface area (TPSA) is 161 Å². The number of carbonyl (C=O) groups excluding carboxylic acids is 2. The average molecular weight is 423 g/mol. The van der Waals surface area contributed by atoms with Gasteiger partial charge in [0.25, 0.3) is 17.5 Å². The lowest BCUT2D eigenvalue weighted by atomic mass is 10.1. The lowest BCUT2D eigenvalue weighted by Crippen LogP contribution is -2.52. The number of rotatable bonds is 5. The molecule has 156 valence electrons. The number of nitro benzene ring substituents is 1. The lowest BCUT2D eigenvalue weighted by molar-refractivity contribution is -0.402. The normalized spacial score (nSPS) is 15.0. The number of amides is 2. The van der Waals surface area contributed by atoms with Crippen molar-refractivity contribution in [2.24, 2.45) is 0 Å². The van der Waals surface area contributed by atoms with Gasteiger partial charge in [0.2, 0.25) is 0 Å². The number of nitro groups is 2. The molecule has 4 rings (SSSR count). The van der Waals surface area contributed by atoms with Crippen LogP contribution in [-0.2, 0) is 0 Å². The standard InChI is InChI=1S/C19H13N5O7/c25-18(11-5-7-12(8-6-11)23(27)28)21-22-17(15-9-10-16(31-15)24(29)30)20-14-4-2-1-3-13(14)19(22)26/h1-10,17,20H,(H,21,25). The van der Waals surface area contributed by atoms with Crippen LogP contribution in [0.1, 0.15) is 32.6 Å². The lowest BCUT2D eigenvalue weighted by Gasteiger charge is -2.36. The van der Waals surface area contributed by atoms with E-state index in [-0.39, 0.29) is 22.6 Å². The maximum atomic E-state index is 13.1. The highest BCUT2D eigenvalue weighted by Gasteiger charge is 2.37. The number of anilines is 1. The SMILES string of the molecule is O=C(NN1C(=O)c2ccccc2NC1c1ccc([N+](=O)[O-])o1)c1ccc([N+](=O)[O-])cc1. The van der Waals surface area contributed by atoms with Crippen LogP contribution in [0.3, 0.4) is 0 Å². The monoisotopic (exact) mass is 423 g/mol. The Labute approximate surface area is 173 Å². The van der Waals surface area contributed by atoms with E-state index in [9.17, 15) is 29.8 Å². The van der Waals surface area contributed by atoms with E-state index in [1.165, 1.54) is 18.2 Å². The third-order valence-corrected chi connectivity index (χ3v) is 4.55. The number of hydrogen-bond donors (Lipinski definition) is 2. The van der Waals surface area contributed by atoms with Gasteiger partial charge in [-0.15, -0.1) is 0 Å². The molecule has 1 aliphatic heterocycles. The smallest absolute Gasteiger partial charge is 0.401 e. The van der Waals surface area contributed by atoms with Gasteiger partial charge in [0.1, 0.15) is 4.92 Å². The van der Waals surface area contributed by atoms with E-state index < -0.39 is 33.7 Å². The van der Waals surface area contributed by atoms with E-state index in [2.05, 4.69) is 10.7 Å². The van der Waals surface area contributed by atoms with Crippen LogP contribution < -0.4 is 10.7 Å². The second kappa shape index (κ2) is 7.59. The molecule has 1 unspecified atom stereocenters. The first kappa shape index (κ1) is 19.6. The molecule has 0 saturated heterocycles. The summed E-state index contributed by atoms with van der Waals surface area (Å²) in [5.41, 5.74) is 3.05. The first-order valence-electron chi connectivity index (χ1n) is 8.84. The summed E-state index contributed by atoms with van der Waals surface area (Å²) < 4.78 is 5.23. The van der Waals surface area contributed by atoms with Gasteiger partial charge in [0, 0.05) is 23.4 Å². The van der Waals surface area contributed by atoms with Crippen LogP contribution in [0.2, 0.25) is 0 Å². The number of fused-ring (bicyclic) bond motifs is 1. The van der Waals surface area contributed by atoms with Crippen molar-refractivity contribution in [1.82, 2.24) is 10.4 Å². The maximum Gasteiger partial charge on any atom is 0.433 e. The molecule has 0 bridgehead atoms. The van der Waals surface area contributed by atoms with Crippen molar-refractivity contribution in [3.8, 4) is 0 Å². The fraction of sp³-hybridized carbons (Fsp3) is 0.0526. The van der Waals surface area contributed by atoms with Gasteiger partial charge in [-0.05, 0) is 30.3 Å². The van der Waals surface area contributed by atoms with Crippen LogP contribution in [0.15, 0.2) is 65.1 Å². The number of hydrazine groups is 1. The highest BCUT2D eigenvalue weighted by Crippen LogP contribution is 2.33. The minimum atomic E-state index is -1.07. The summed E-state index contributed by atoms with van der Waals surface area (Å²) in [6, 6.07) is 13.8. The number of carbonyl (C=O) groups is 2. The molecule has 1 atom stereocenters. The minimum absolute atomic E-state index is 0.0264. The summed E-state index contributed by atoms with van der Waals surface area (Å²) in [5, 5.41) is 25.7. The van der Waals surface area contributed by atoms with Crippen molar-refractivity contribution in [3.63, 3.8) is 0 Å². The average Bonchev–Trinajstić information content (AvgIpc) is 3.26. The van der Waals surface area contributed by atoms with Gasteiger partial charge in [0.05, 0.1) is 16.6 Å². The minimum Gasteiger partial charge on any atom is -0.401 e. The predicted octanol–water partition coefficient (Wildman–Crippen LogP) is 3.01. The van der Waals surface area contributed by atoms with E-state index in [4.69, 9.17) is 4.42 Å². The van der Waals surface area contributed by atoms with Gasteiger partial charge in [-0.3, -0.25) is 35.2 Å². The van der Waals surface area contributed by atoms with Crippen molar-refractivity contribution in [1.29, 1.82) is 0 Å². The second-order valence-electron chi connectivity index (χ2n) is 6.45. The highest BCUT2D eigenvalue weighted by atomic mass is 16.6. The summed E-state index contributed by atoms with van der Waals surface area (Å²) in [7, 11) is 0. The molecule has 0 spiro atoms. The van der Waals surface area contributed by atoms with Gasteiger partial charge >= 0.3 is 5.88 Å². The number of nitrogens with zero attached hydrogens (tertiary/aromatic N) is 3. The van der Waals surface area contributed by atoms with Gasteiger partial charge < -0.3 is 9.73 Å². The van der Waals surface area contributed by atoms with Gasteiger partial charge in [-0.25, -0.2) is 5.01 Å². The molecular weight excluding hydrogens is 410 g/mol. The molecule has 2 aromatic carbocycles. The Kier molecular flexibility index (Phi) is 4.79. The van der Waals surface area contributed by atoms with Crippen molar-refractivity contribution >= 4 is 29.1 Å². The Morgan fingerprint density at radius 1 is 1.00 bits per heavy atom. The van der Waals surface area contributed by atoms with Crippen LogP contribution in [0.25, 0.3) is 0 Å². The molecule has 3 aromatic rings. The van der Waals surface area contributed by atoms with Crippen molar-refractivity contribution in [3.05, 3.63) is 97.8 Å². The summed E-state index contributed by atoms with van der Waals surface area (Å²) in [4.78, 5) is 46.2. The zero-order valence-corrected chi connectivity index (χ0v) is 15.6. The number of benzene rings is 2. The number of para-hydroxylation sites is 1. The van der Waals surface area contributed by atoms with Crippen LogP contribution in [-0.4, -0.2) is 26.7 Å². The summed E-state index contributed by atoms with van der Waals surface area (Å²) in [5.74, 6) is -1.78. The number of non-ortho nitro benzene ring substituents is 1. The number of furan rings is 1. The molecule has 2 heterocycles. The Morgan fingerprint density at radius 3 is 2.35 bits per heavy atom. The molecule has 1 aromatic heterocycles. The van der Waals surface area contributed by atoms with Crippen molar-refractivity contribution in [2.75, 3.05) is 5.32 Å². The summed E-state index contributed by atoms with van der Waals surface area (Å²) >= 11 is 0. The predicted molar refractivity (Wildman–Crippen MR) is 105 cm³/mol. The molecule has 1 aliphatic rings. The number of hydrogen-bond acceptors (Lipinski definition) is 8. The molecule has 0 radical (unpaired) electrons. The first-order valence-corrected chi connectivity index (χ1v) is 8.84. The third kappa shape index (κ3) is 3.64. The van der Waals surface area contributed by atoms with E-state index >= 15 is 0 Å². The van der Waals surface area contributed by atoms with E-state index in [1.54, 1.807) is 24.3 Å². The van der Waals surface area contributed by atoms with Crippen molar-refractivity contribution in [2.45, 2.75) is 6.17 Å². The molecule has 0 aliphatic carbocycles. The molecule has 12 heteroatoms. The largest absolute Gasteiger partial charge is 0.433 e. The van der Waals surface area contributed by atoms with E-state index in [1.807, 2.05) is 0 Å². The Bertz CT molecular complexity index is 1200. The Balaban J connectivity index is 1.67. The van der Waals surface area contributed by atoms with Crippen LogP contribution >= 0.6 is 0 Å². The van der Waals surface area contributed by atoms with Gasteiger partial charge in [-0.2, -0.15) is 0 Å². The van der Waals surface area contributed by atoms with Gasteiger partial charge in [-0.1, -0.05) is 12.1 Å². The highest BCUT2D eigenvalue weighted by molar-refractivity contribution is 6.03. The maximum absolute atomic E-state index is 13.1. The van der Waals surface area contributed by atoms with E-state index in [0.29, 0.717) is 5.69 Å². The van der Waals surface area contributed by atoms with Gasteiger partial charge in [0.15, 0.2) is 11.9 Å². The molecule has 2 amide bonds. The zero-order valence-electron chi connectivity index (χ0n) is 15.6. The molecular formula is C19H13N5O7. The fourth-order valence-electron chi connectivity index (χ4n) is 3.06. The first-order chi connectivity index (χ1) is 14.8. The second-order valence-corrected chi connectivity index (χ2v) is 6.45. The molecule has 12 nitrogen and oxygen atoms in total. The quantitative estimate of drug-likeness (QED) is 0.467. The molecule has 2 N–H and O–H groups in total. The van der Waals surface area contributed by atoms with Crippen LogP contribution in [0, 0.1) is 20.2 Å². The van der Waals surface area contributed by atoms with E-state index in [0.717, 1.165) is 23.2 Å². The Hall–Kier alpha value is -4.74. The summed E-state index contributed by atoms with van der Waals surface area (Å²) in [6.07, 6.45) is -1.07. The van der Waals surface area contributed by atoms with Crippen LogP contribution in [0.5, 0.6) is 0 Å². The molecule has 31 heavy (non-hydrogen) atoms. The molecule has 0 saturated carbocycles. The zero-order chi connectivity index (χ0) is 22.1. The molecule has 0 fully saturated rings. The fourth-order valence-corrected chi connectivity index (χ4v) is 3.06. The van der Waals surface area contributed by atoms with Crippen molar-refractivity contribution < 1.29 is 23.9 Å². The number of nitrogens with one attached hydrogen (secondary N) is 2.